The normalized spacial score (nSPS) is 12.7. The van der Waals surface area contributed by atoms with E-state index in [2.05, 4.69) is 17.0 Å². The van der Waals surface area contributed by atoms with E-state index in [1.807, 2.05) is 13.1 Å². The Morgan fingerprint density at radius 1 is 1.79 bits per heavy atom. The second-order valence-electron chi connectivity index (χ2n) is 3.43. The maximum Gasteiger partial charge on any atom is 0.0538 e. The third-order valence-electron chi connectivity index (χ3n) is 1.98. The summed E-state index contributed by atoms with van der Waals surface area (Å²) in [6.45, 7) is 7.43. The lowest BCUT2D eigenvalue weighted by molar-refractivity contribution is 0.233. The van der Waals surface area contributed by atoms with Gasteiger partial charge in [-0.2, -0.15) is 5.10 Å². The number of aliphatic hydroxyl groups is 1. The van der Waals surface area contributed by atoms with Crippen LogP contribution in [0, 0.1) is 5.92 Å². The molecular formula is C10H17N3O. The SMILES string of the molecule is C=Cn1cc(CNCC(C)CO)cn1. The van der Waals surface area contributed by atoms with Crippen LogP contribution in [0.25, 0.3) is 6.20 Å². The summed E-state index contributed by atoms with van der Waals surface area (Å²) < 4.78 is 1.67. The van der Waals surface area contributed by atoms with Crippen LogP contribution in [0.15, 0.2) is 19.0 Å². The Bertz CT molecular complexity index is 283. The molecule has 1 aromatic heterocycles. The van der Waals surface area contributed by atoms with Gasteiger partial charge in [0.05, 0.1) is 6.20 Å². The molecule has 2 N–H and O–H groups in total. The zero-order chi connectivity index (χ0) is 10.4. The molecule has 1 unspecified atom stereocenters. The molecule has 0 aliphatic heterocycles. The molecule has 0 radical (unpaired) electrons. The van der Waals surface area contributed by atoms with Crippen LogP contribution in [0.1, 0.15) is 12.5 Å². The molecular weight excluding hydrogens is 178 g/mol. The Labute approximate surface area is 84.2 Å². The third kappa shape index (κ3) is 3.32. The molecule has 1 rings (SSSR count). The summed E-state index contributed by atoms with van der Waals surface area (Å²) in [4.78, 5) is 0. The van der Waals surface area contributed by atoms with Crippen molar-refractivity contribution in [2.24, 2.45) is 5.92 Å². The van der Waals surface area contributed by atoms with Gasteiger partial charge in [0.2, 0.25) is 0 Å². The number of nitrogens with zero attached hydrogens (tertiary/aromatic N) is 2. The van der Waals surface area contributed by atoms with Gasteiger partial charge in [-0.3, -0.25) is 0 Å². The minimum Gasteiger partial charge on any atom is -0.396 e. The summed E-state index contributed by atoms with van der Waals surface area (Å²) in [7, 11) is 0. The lowest BCUT2D eigenvalue weighted by atomic mass is 10.2. The molecule has 0 bridgehead atoms. The van der Waals surface area contributed by atoms with Crippen molar-refractivity contribution < 1.29 is 5.11 Å². The smallest absolute Gasteiger partial charge is 0.0538 e. The first kappa shape index (κ1) is 10.9. The molecule has 0 fully saturated rings. The van der Waals surface area contributed by atoms with Crippen molar-refractivity contribution in [3.63, 3.8) is 0 Å². The van der Waals surface area contributed by atoms with E-state index in [-0.39, 0.29) is 6.61 Å². The van der Waals surface area contributed by atoms with Crippen molar-refractivity contribution in [3.05, 3.63) is 24.5 Å². The van der Waals surface area contributed by atoms with Crippen LogP contribution in [0.3, 0.4) is 0 Å². The topological polar surface area (TPSA) is 50.1 Å². The van der Waals surface area contributed by atoms with Crippen molar-refractivity contribution in [1.29, 1.82) is 0 Å². The van der Waals surface area contributed by atoms with Gasteiger partial charge in [0.25, 0.3) is 0 Å². The molecule has 0 aliphatic carbocycles. The van der Waals surface area contributed by atoms with E-state index in [4.69, 9.17) is 5.11 Å². The maximum atomic E-state index is 8.80. The molecule has 0 aromatic carbocycles. The summed E-state index contributed by atoms with van der Waals surface area (Å²) in [6.07, 6.45) is 5.38. The monoisotopic (exact) mass is 195 g/mol. The van der Waals surface area contributed by atoms with E-state index in [9.17, 15) is 0 Å². The molecule has 78 valence electrons. The molecule has 4 heteroatoms. The molecule has 0 saturated carbocycles. The predicted octanol–water partition coefficient (Wildman–Crippen LogP) is 0.702. The van der Waals surface area contributed by atoms with Crippen molar-refractivity contribution in [2.45, 2.75) is 13.5 Å². The molecule has 1 aromatic rings. The fourth-order valence-electron chi connectivity index (χ4n) is 1.10. The number of hydrogen-bond donors (Lipinski definition) is 2. The second-order valence-corrected chi connectivity index (χ2v) is 3.43. The first-order valence-corrected chi connectivity index (χ1v) is 4.73. The summed E-state index contributed by atoms with van der Waals surface area (Å²) in [5.74, 6) is 0.296. The first-order valence-electron chi connectivity index (χ1n) is 4.73. The summed E-state index contributed by atoms with van der Waals surface area (Å²) in [6, 6.07) is 0. The second kappa shape index (κ2) is 5.57. The Hall–Kier alpha value is -1.13. The van der Waals surface area contributed by atoms with Gasteiger partial charge in [0.1, 0.15) is 0 Å². The van der Waals surface area contributed by atoms with Crippen LogP contribution >= 0.6 is 0 Å². The Kier molecular flexibility index (Phi) is 4.35. The number of aromatic nitrogens is 2. The van der Waals surface area contributed by atoms with Crippen LogP contribution < -0.4 is 5.32 Å². The standard InChI is InChI=1S/C10H17N3O/c1-3-13-7-10(6-12-13)5-11-4-9(2)8-14/h3,6-7,9,11,14H,1,4-5,8H2,2H3. The summed E-state index contributed by atoms with van der Waals surface area (Å²) in [5.41, 5.74) is 1.12. The molecule has 0 aliphatic rings. The van der Waals surface area contributed by atoms with Gasteiger partial charge in [0, 0.05) is 37.7 Å². The van der Waals surface area contributed by atoms with Crippen molar-refractivity contribution in [3.8, 4) is 0 Å². The maximum absolute atomic E-state index is 8.80. The van der Waals surface area contributed by atoms with Crippen LogP contribution in [0.2, 0.25) is 0 Å². The molecule has 4 nitrogen and oxygen atoms in total. The van der Waals surface area contributed by atoms with Crippen molar-refractivity contribution >= 4 is 6.20 Å². The zero-order valence-corrected chi connectivity index (χ0v) is 8.48. The fourth-order valence-corrected chi connectivity index (χ4v) is 1.10. The van der Waals surface area contributed by atoms with Gasteiger partial charge in [-0.05, 0) is 5.92 Å². The number of aliphatic hydroxyl groups excluding tert-OH is 1. The van der Waals surface area contributed by atoms with Gasteiger partial charge >= 0.3 is 0 Å². The zero-order valence-electron chi connectivity index (χ0n) is 8.48. The van der Waals surface area contributed by atoms with Crippen LogP contribution in [0.4, 0.5) is 0 Å². The molecule has 0 amide bonds. The van der Waals surface area contributed by atoms with E-state index in [0.29, 0.717) is 5.92 Å². The van der Waals surface area contributed by atoms with Crippen LogP contribution in [-0.4, -0.2) is 28.0 Å². The van der Waals surface area contributed by atoms with Gasteiger partial charge < -0.3 is 10.4 Å². The molecule has 0 saturated heterocycles. The highest BCUT2D eigenvalue weighted by Crippen LogP contribution is 1.98. The third-order valence-corrected chi connectivity index (χ3v) is 1.98. The number of nitrogens with one attached hydrogen (secondary N) is 1. The van der Waals surface area contributed by atoms with E-state index < -0.39 is 0 Å². The lowest BCUT2D eigenvalue weighted by Crippen LogP contribution is -2.22. The minimum absolute atomic E-state index is 0.221. The predicted molar refractivity (Wildman–Crippen MR) is 56.6 cm³/mol. The quantitative estimate of drug-likeness (QED) is 0.702. The van der Waals surface area contributed by atoms with Gasteiger partial charge in [0.15, 0.2) is 0 Å². The molecule has 14 heavy (non-hydrogen) atoms. The van der Waals surface area contributed by atoms with Gasteiger partial charge in [-0.1, -0.05) is 13.5 Å². The number of rotatable bonds is 6. The number of hydrogen-bond acceptors (Lipinski definition) is 3. The highest BCUT2D eigenvalue weighted by Gasteiger charge is 2.00. The summed E-state index contributed by atoms with van der Waals surface area (Å²) >= 11 is 0. The summed E-state index contributed by atoms with van der Waals surface area (Å²) in [5, 5.41) is 16.1. The van der Waals surface area contributed by atoms with Crippen LogP contribution in [0.5, 0.6) is 0 Å². The van der Waals surface area contributed by atoms with Gasteiger partial charge in [-0.15, -0.1) is 0 Å². The van der Waals surface area contributed by atoms with E-state index >= 15 is 0 Å². The fraction of sp³-hybridized carbons (Fsp3) is 0.500. The first-order chi connectivity index (χ1) is 6.76. The van der Waals surface area contributed by atoms with Crippen molar-refractivity contribution in [2.75, 3.05) is 13.2 Å². The highest BCUT2D eigenvalue weighted by atomic mass is 16.3. The largest absolute Gasteiger partial charge is 0.396 e. The Morgan fingerprint density at radius 2 is 2.57 bits per heavy atom. The average molecular weight is 195 g/mol. The molecule has 1 heterocycles. The molecule has 1 atom stereocenters. The average Bonchev–Trinajstić information content (AvgIpc) is 2.65. The molecule has 0 spiro atoms. The lowest BCUT2D eigenvalue weighted by Gasteiger charge is -2.07. The Morgan fingerprint density at radius 3 is 3.14 bits per heavy atom. The van der Waals surface area contributed by atoms with E-state index in [1.54, 1.807) is 17.1 Å². The van der Waals surface area contributed by atoms with E-state index in [0.717, 1.165) is 18.7 Å². The van der Waals surface area contributed by atoms with Crippen molar-refractivity contribution in [1.82, 2.24) is 15.1 Å². The van der Waals surface area contributed by atoms with E-state index in [1.165, 1.54) is 0 Å². The Balaban J connectivity index is 2.27. The minimum atomic E-state index is 0.221. The van der Waals surface area contributed by atoms with Gasteiger partial charge in [-0.25, -0.2) is 4.68 Å². The highest BCUT2D eigenvalue weighted by molar-refractivity contribution is 5.17. The van der Waals surface area contributed by atoms with Crippen LogP contribution in [-0.2, 0) is 6.54 Å².